The molecule has 0 bridgehead atoms. The summed E-state index contributed by atoms with van der Waals surface area (Å²) in [4.78, 5) is 44.5. The number of carbonyl (C=O) groups is 4. The number of carbonyl (C=O) groups excluding carboxylic acids is 2. The van der Waals surface area contributed by atoms with Crippen LogP contribution in [0.5, 0.6) is 0 Å². The van der Waals surface area contributed by atoms with Crippen LogP contribution >= 0.6 is 11.6 Å². The maximum absolute atomic E-state index is 13.1. The van der Waals surface area contributed by atoms with Crippen LogP contribution in [0.15, 0.2) is 24.3 Å². The molecule has 1 aromatic carbocycles. The number of nitrogens with one attached hydrogen (secondary N) is 3. The van der Waals surface area contributed by atoms with E-state index in [0.29, 0.717) is 37.2 Å². The molecule has 0 aliphatic carbocycles. The van der Waals surface area contributed by atoms with Gasteiger partial charge in [-0.05, 0) is 62.8 Å². The topological polar surface area (TPSA) is 176 Å². The van der Waals surface area contributed by atoms with E-state index < -0.39 is 18.0 Å². The van der Waals surface area contributed by atoms with E-state index in [1.165, 1.54) is 13.5 Å². The van der Waals surface area contributed by atoms with Crippen LogP contribution in [0, 0.1) is 11.8 Å². The van der Waals surface area contributed by atoms with Gasteiger partial charge in [-0.3, -0.25) is 0 Å². The number of aliphatic carboxylic acids is 2. The summed E-state index contributed by atoms with van der Waals surface area (Å²) < 4.78 is 16.5. The third kappa shape index (κ3) is 12.8. The zero-order valence-corrected chi connectivity index (χ0v) is 24.9. The lowest BCUT2D eigenvalue weighted by atomic mass is 9.88. The number of methoxy groups -OCH3 is 1. The van der Waals surface area contributed by atoms with Crippen molar-refractivity contribution in [3.8, 4) is 0 Å². The molecule has 2 heterocycles. The van der Waals surface area contributed by atoms with Gasteiger partial charge in [-0.25, -0.2) is 19.2 Å². The molecule has 2 saturated heterocycles. The van der Waals surface area contributed by atoms with Crippen molar-refractivity contribution in [2.75, 3.05) is 60.2 Å². The first-order valence-electron chi connectivity index (χ1n) is 14.1. The van der Waals surface area contributed by atoms with E-state index in [-0.39, 0.29) is 24.1 Å². The lowest BCUT2D eigenvalue weighted by Crippen LogP contribution is -2.50. The Morgan fingerprint density at radius 3 is 2.52 bits per heavy atom. The summed E-state index contributed by atoms with van der Waals surface area (Å²) in [6, 6.07) is 7.81. The number of carboxylic acid groups (broad SMARTS) is 2. The molecule has 2 aliphatic heterocycles. The molecule has 2 fully saturated rings. The Hall–Kier alpha value is -3.13. The molecule has 0 unspecified atom stereocenters. The van der Waals surface area contributed by atoms with E-state index in [4.69, 9.17) is 40.9 Å². The van der Waals surface area contributed by atoms with E-state index in [2.05, 4.69) is 20.7 Å². The number of alkyl carbamates (subject to hydrolysis) is 1. The number of nitrogens with zero attached hydrogens (tertiary/aromatic N) is 1. The molecule has 0 saturated carbocycles. The van der Waals surface area contributed by atoms with Crippen molar-refractivity contribution in [1.82, 2.24) is 20.9 Å². The number of urea groups is 1. The van der Waals surface area contributed by atoms with E-state index in [1.807, 2.05) is 36.2 Å². The van der Waals surface area contributed by atoms with Gasteiger partial charge >= 0.3 is 24.1 Å². The smallest absolute Gasteiger partial charge is 0.414 e. The van der Waals surface area contributed by atoms with Crippen molar-refractivity contribution >= 4 is 35.7 Å². The summed E-state index contributed by atoms with van der Waals surface area (Å²) in [5.41, 5.74) is 0.970. The van der Waals surface area contributed by atoms with Crippen molar-refractivity contribution in [3.05, 3.63) is 34.9 Å². The highest BCUT2D eigenvalue weighted by Crippen LogP contribution is 2.34. The first-order chi connectivity index (χ1) is 20.1. The second kappa shape index (κ2) is 19.1. The minimum Gasteiger partial charge on any atom is -0.473 e. The van der Waals surface area contributed by atoms with Gasteiger partial charge in [0.25, 0.3) is 0 Å². The zero-order valence-electron chi connectivity index (χ0n) is 24.2. The third-order valence-corrected chi connectivity index (χ3v) is 7.40. The number of likely N-dealkylation sites (tertiary alicyclic amines) is 1. The van der Waals surface area contributed by atoms with Crippen LogP contribution in [0.2, 0.25) is 5.02 Å². The summed E-state index contributed by atoms with van der Waals surface area (Å²) in [5.74, 6) is -3.00. The number of halogens is 1. The number of rotatable bonds is 11. The van der Waals surface area contributed by atoms with E-state index in [9.17, 15) is 9.59 Å². The Morgan fingerprint density at radius 1 is 1.14 bits per heavy atom. The van der Waals surface area contributed by atoms with E-state index in [1.54, 1.807) is 0 Å². The monoisotopic (exact) mass is 614 g/mol. The minimum absolute atomic E-state index is 0.0444. The van der Waals surface area contributed by atoms with Gasteiger partial charge < -0.3 is 45.3 Å². The molecular formula is C28H43ClN4O9. The van der Waals surface area contributed by atoms with Crippen molar-refractivity contribution < 1.29 is 43.6 Å². The normalized spacial score (nSPS) is 19.8. The average molecular weight is 615 g/mol. The Balaban J connectivity index is 0.000000928. The van der Waals surface area contributed by atoms with Crippen LogP contribution in [0.3, 0.4) is 0 Å². The highest BCUT2D eigenvalue weighted by Gasteiger charge is 2.31. The fourth-order valence-electron chi connectivity index (χ4n) is 5.06. The summed E-state index contributed by atoms with van der Waals surface area (Å²) in [7, 11) is 3.27. The zero-order chi connectivity index (χ0) is 30.9. The third-order valence-electron chi connectivity index (χ3n) is 7.17. The summed E-state index contributed by atoms with van der Waals surface area (Å²) in [5, 5.41) is 24.5. The SMILES string of the molecule is CN[C@H](CNC(=O)N1CCC[C@@H]([C@@H](OCCNC(=O)OC)c2cccc(Cl)c2)C1)C[C@H]1CCCOC1.O=C(O)C(=O)O. The van der Waals surface area contributed by atoms with Crippen LogP contribution in [0.25, 0.3) is 0 Å². The molecule has 13 nitrogen and oxygen atoms in total. The summed E-state index contributed by atoms with van der Waals surface area (Å²) in [6.45, 7) is 4.21. The Labute approximate surface area is 251 Å². The lowest BCUT2D eigenvalue weighted by molar-refractivity contribution is -0.159. The van der Waals surface area contributed by atoms with Gasteiger partial charge in [-0.2, -0.15) is 0 Å². The number of benzene rings is 1. The molecule has 0 spiro atoms. The molecular weight excluding hydrogens is 572 g/mol. The second-order valence-corrected chi connectivity index (χ2v) is 10.7. The highest BCUT2D eigenvalue weighted by molar-refractivity contribution is 6.30. The minimum atomic E-state index is -1.82. The van der Waals surface area contributed by atoms with E-state index >= 15 is 0 Å². The van der Waals surface area contributed by atoms with Crippen LogP contribution in [0.4, 0.5) is 9.59 Å². The molecule has 1 aromatic rings. The number of amides is 3. The van der Waals surface area contributed by atoms with Crippen LogP contribution < -0.4 is 16.0 Å². The molecule has 0 aromatic heterocycles. The van der Waals surface area contributed by atoms with Gasteiger partial charge in [-0.1, -0.05) is 23.7 Å². The fraction of sp³-hybridized carbons (Fsp3) is 0.643. The van der Waals surface area contributed by atoms with Gasteiger partial charge in [-0.15, -0.1) is 0 Å². The molecule has 0 radical (unpaired) electrons. The number of likely N-dealkylation sites (N-methyl/N-ethyl adjacent to an activating group) is 1. The first kappa shape index (κ1) is 35.1. The first-order valence-corrected chi connectivity index (χ1v) is 14.4. The van der Waals surface area contributed by atoms with Crippen molar-refractivity contribution in [3.63, 3.8) is 0 Å². The van der Waals surface area contributed by atoms with Crippen molar-refractivity contribution in [2.45, 2.75) is 44.2 Å². The molecule has 14 heteroatoms. The maximum Gasteiger partial charge on any atom is 0.414 e. The van der Waals surface area contributed by atoms with Gasteiger partial charge in [0.1, 0.15) is 0 Å². The van der Waals surface area contributed by atoms with E-state index in [0.717, 1.165) is 51.0 Å². The van der Waals surface area contributed by atoms with Gasteiger partial charge in [0.05, 0.1) is 19.8 Å². The van der Waals surface area contributed by atoms with Crippen molar-refractivity contribution in [1.29, 1.82) is 0 Å². The fourth-order valence-corrected chi connectivity index (χ4v) is 5.26. The molecule has 3 amide bonds. The number of carboxylic acids is 2. The highest BCUT2D eigenvalue weighted by atomic mass is 35.5. The van der Waals surface area contributed by atoms with Gasteiger partial charge in [0.2, 0.25) is 0 Å². The Bertz CT molecular complexity index is 997. The standard InChI is InChI=1S/C26H41ClN4O5.C2H2O4/c1-28-23(14-19-6-5-12-35-18-19)16-30-25(32)31-11-4-8-21(17-31)24(20-7-3-9-22(27)15-20)36-13-10-29-26(33)34-2;3-1(4)2(5)6/h3,7,9,15,19,21,23-24,28H,4-6,8,10-14,16-18H2,1-2H3,(H,29,33)(H,30,32);(H,3,4)(H,5,6)/t19-,21-,23+,24+;/m1./s1. The van der Waals surface area contributed by atoms with Crippen LogP contribution in [-0.4, -0.2) is 105 Å². The predicted molar refractivity (Wildman–Crippen MR) is 155 cm³/mol. The largest absolute Gasteiger partial charge is 0.473 e. The number of hydrogen-bond acceptors (Lipinski definition) is 8. The number of hydrogen-bond donors (Lipinski definition) is 5. The van der Waals surface area contributed by atoms with Crippen LogP contribution in [-0.2, 0) is 23.8 Å². The molecule has 2 aliphatic rings. The number of piperidine rings is 1. The van der Waals surface area contributed by atoms with Crippen LogP contribution in [0.1, 0.15) is 43.8 Å². The molecule has 4 atom stereocenters. The predicted octanol–water partition coefficient (Wildman–Crippen LogP) is 2.74. The second-order valence-electron chi connectivity index (χ2n) is 10.2. The molecule has 5 N–H and O–H groups in total. The maximum atomic E-state index is 13.1. The van der Waals surface area contributed by atoms with Gasteiger partial charge in [0, 0.05) is 56.4 Å². The average Bonchev–Trinajstić information content (AvgIpc) is 2.99. The summed E-state index contributed by atoms with van der Waals surface area (Å²) >= 11 is 6.27. The number of ether oxygens (including phenoxy) is 3. The Kier molecular flexibility index (Phi) is 16.0. The van der Waals surface area contributed by atoms with Crippen molar-refractivity contribution in [2.24, 2.45) is 11.8 Å². The molecule has 3 rings (SSSR count). The summed E-state index contributed by atoms with van der Waals surface area (Å²) in [6.07, 6.45) is 4.38. The Morgan fingerprint density at radius 2 is 1.90 bits per heavy atom. The lowest BCUT2D eigenvalue weighted by Gasteiger charge is -2.37. The quantitative estimate of drug-likeness (QED) is 0.184. The molecule has 236 valence electrons. The molecule has 42 heavy (non-hydrogen) atoms. The van der Waals surface area contributed by atoms with Gasteiger partial charge in [0.15, 0.2) is 0 Å².